The van der Waals surface area contributed by atoms with E-state index in [9.17, 15) is 0 Å². The maximum Gasteiger partial charge on any atom is 0.231 e. The van der Waals surface area contributed by atoms with Gasteiger partial charge in [0.2, 0.25) is 6.79 Å². The Morgan fingerprint density at radius 3 is 2.50 bits per heavy atom. The van der Waals surface area contributed by atoms with Crippen LogP contribution in [0, 0.1) is 0 Å². The topological polar surface area (TPSA) is 48.8 Å². The second-order valence-electron chi connectivity index (χ2n) is 9.00. The Morgan fingerprint density at radius 1 is 0.917 bits per heavy atom. The average molecular weight is 484 g/mol. The number of aromatic nitrogens is 2. The zero-order chi connectivity index (χ0) is 24.6. The Bertz CT molecular complexity index is 1240. The fourth-order valence-electron chi connectivity index (χ4n) is 4.47. The summed E-state index contributed by atoms with van der Waals surface area (Å²) in [6, 6.07) is 26.6. The van der Waals surface area contributed by atoms with Gasteiger partial charge in [0.25, 0.3) is 0 Å². The number of hydrogen-bond acceptors (Lipinski definition) is 5. The molecule has 4 aromatic rings. The molecule has 0 amide bonds. The number of unbranched alkanes of at least 4 members (excludes halogenated alkanes) is 1. The molecule has 2 heterocycles. The van der Waals surface area contributed by atoms with Crippen molar-refractivity contribution in [3.63, 3.8) is 0 Å². The molecule has 0 unspecified atom stereocenters. The Morgan fingerprint density at radius 2 is 1.69 bits per heavy atom. The fourth-order valence-corrected chi connectivity index (χ4v) is 4.47. The van der Waals surface area contributed by atoms with Crippen LogP contribution in [0.1, 0.15) is 31.0 Å². The zero-order valence-corrected chi connectivity index (χ0v) is 20.8. The summed E-state index contributed by atoms with van der Waals surface area (Å²) in [4.78, 5) is 7.25. The molecule has 186 valence electrons. The summed E-state index contributed by atoms with van der Waals surface area (Å²) >= 11 is 0. The van der Waals surface area contributed by atoms with Crippen molar-refractivity contribution in [2.75, 3.05) is 19.9 Å². The lowest BCUT2D eigenvalue weighted by Crippen LogP contribution is -2.29. The minimum absolute atomic E-state index is 0.284. The Kier molecular flexibility index (Phi) is 7.83. The van der Waals surface area contributed by atoms with Crippen molar-refractivity contribution in [3.05, 3.63) is 96.3 Å². The van der Waals surface area contributed by atoms with E-state index in [1.165, 1.54) is 11.3 Å². The zero-order valence-electron chi connectivity index (χ0n) is 20.8. The fraction of sp³-hybridized carbons (Fsp3) is 0.300. The molecule has 3 aromatic carbocycles. The number of benzene rings is 3. The summed E-state index contributed by atoms with van der Waals surface area (Å²) in [6.07, 6.45) is 4.28. The van der Waals surface area contributed by atoms with E-state index < -0.39 is 0 Å². The summed E-state index contributed by atoms with van der Waals surface area (Å²) in [5.74, 6) is 3.54. The smallest absolute Gasteiger partial charge is 0.231 e. The monoisotopic (exact) mass is 483 g/mol. The van der Waals surface area contributed by atoms with Gasteiger partial charge in [-0.15, -0.1) is 0 Å². The number of rotatable bonds is 12. The van der Waals surface area contributed by atoms with E-state index in [4.69, 9.17) is 19.2 Å². The number of hydrogen-bond donors (Lipinski definition) is 0. The van der Waals surface area contributed by atoms with Gasteiger partial charge in [-0.2, -0.15) is 0 Å². The van der Waals surface area contributed by atoms with Gasteiger partial charge < -0.3 is 18.8 Å². The van der Waals surface area contributed by atoms with E-state index in [1.807, 2.05) is 48.7 Å². The van der Waals surface area contributed by atoms with Gasteiger partial charge in [-0.25, -0.2) is 4.98 Å². The summed E-state index contributed by atoms with van der Waals surface area (Å²) < 4.78 is 19.5. The molecule has 0 fully saturated rings. The van der Waals surface area contributed by atoms with Gasteiger partial charge in [0.15, 0.2) is 11.5 Å². The summed E-state index contributed by atoms with van der Waals surface area (Å²) in [7, 11) is 0. The molecule has 0 saturated heterocycles. The van der Waals surface area contributed by atoms with Crippen LogP contribution in [0.2, 0.25) is 0 Å². The highest BCUT2D eigenvalue weighted by Crippen LogP contribution is 2.33. The molecular weight excluding hydrogens is 450 g/mol. The number of para-hydroxylation sites is 1. The second kappa shape index (κ2) is 11.8. The van der Waals surface area contributed by atoms with Crippen LogP contribution < -0.4 is 14.2 Å². The predicted molar refractivity (Wildman–Crippen MR) is 141 cm³/mol. The third-order valence-corrected chi connectivity index (χ3v) is 6.35. The van der Waals surface area contributed by atoms with Crippen LogP contribution in [0.4, 0.5) is 0 Å². The van der Waals surface area contributed by atoms with Crippen molar-refractivity contribution in [3.8, 4) is 28.6 Å². The summed E-state index contributed by atoms with van der Waals surface area (Å²) in [6.45, 7) is 6.39. The number of nitrogens with zero attached hydrogens (tertiary/aromatic N) is 3. The first-order chi connectivity index (χ1) is 17.8. The van der Waals surface area contributed by atoms with E-state index in [0.29, 0.717) is 6.61 Å². The first kappa shape index (κ1) is 23.9. The highest BCUT2D eigenvalue weighted by Gasteiger charge is 2.18. The maximum absolute atomic E-state index is 6.05. The van der Waals surface area contributed by atoms with Crippen molar-refractivity contribution < 1.29 is 14.2 Å². The predicted octanol–water partition coefficient (Wildman–Crippen LogP) is 6.16. The minimum atomic E-state index is 0.284. The largest absolute Gasteiger partial charge is 0.492 e. The highest BCUT2D eigenvalue weighted by molar-refractivity contribution is 5.56. The lowest BCUT2D eigenvalue weighted by atomic mass is 10.2. The molecular formula is C30H33N3O3. The van der Waals surface area contributed by atoms with Crippen LogP contribution >= 0.6 is 0 Å². The van der Waals surface area contributed by atoms with E-state index in [0.717, 1.165) is 67.7 Å². The van der Waals surface area contributed by atoms with E-state index >= 15 is 0 Å². The van der Waals surface area contributed by atoms with Crippen LogP contribution in [0.15, 0.2) is 85.1 Å². The first-order valence-corrected chi connectivity index (χ1v) is 12.7. The third-order valence-electron chi connectivity index (χ3n) is 6.35. The quantitative estimate of drug-likeness (QED) is 0.242. The van der Waals surface area contributed by atoms with E-state index in [1.54, 1.807) is 0 Å². The molecule has 0 bridgehead atoms. The Balaban J connectivity index is 1.37. The van der Waals surface area contributed by atoms with Gasteiger partial charge in [0.1, 0.15) is 18.2 Å². The lowest BCUT2D eigenvalue weighted by Gasteiger charge is -2.24. The van der Waals surface area contributed by atoms with Crippen molar-refractivity contribution in [1.82, 2.24) is 14.5 Å². The van der Waals surface area contributed by atoms with Crippen molar-refractivity contribution in [1.29, 1.82) is 0 Å². The molecule has 0 atom stereocenters. The van der Waals surface area contributed by atoms with Crippen LogP contribution in [-0.4, -0.2) is 34.4 Å². The molecule has 0 radical (unpaired) electrons. The second-order valence-corrected chi connectivity index (χ2v) is 9.00. The standard InChI is InChI=1S/C30H33N3O3/c1-2-3-16-33-26(20-31-30(33)25-10-6-4-7-11-25)22-32(17-18-34-27-12-8-5-9-13-27)21-24-14-15-28-29(19-24)36-23-35-28/h4-15,19-20H,2-3,16-18,21-23H2,1H3. The Hall–Kier alpha value is -3.77. The molecule has 0 aliphatic carbocycles. The van der Waals surface area contributed by atoms with Crippen LogP contribution in [-0.2, 0) is 19.6 Å². The van der Waals surface area contributed by atoms with Crippen molar-refractivity contribution in [2.24, 2.45) is 0 Å². The molecule has 1 aromatic heterocycles. The van der Waals surface area contributed by atoms with E-state index in [-0.39, 0.29) is 6.79 Å². The third kappa shape index (κ3) is 5.89. The van der Waals surface area contributed by atoms with Gasteiger partial charge in [-0.1, -0.05) is 67.9 Å². The molecule has 5 rings (SSSR count). The molecule has 0 saturated carbocycles. The van der Waals surface area contributed by atoms with Gasteiger partial charge in [-0.05, 0) is 36.2 Å². The molecule has 0 N–H and O–H groups in total. The average Bonchev–Trinajstić information content (AvgIpc) is 3.55. The number of ether oxygens (including phenoxy) is 3. The molecule has 0 spiro atoms. The Labute approximate surface area is 213 Å². The highest BCUT2D eigenvalue weighted by atomic mass is 16.7. The van der Waals surface area contributed by atoms with Crippen molar-refractivity contribution in [2.45, 2.75) is 39.4 Å². The van der Waals surface area contributed by atoms with E-state index in [2.05, 4.69) is 52.8 Å². The van der Waals surface area contributed by atoms with Gasteiger partial charge in [0.05, 0.1) is 11.9 Å². The lowest BCUT2D eigenvalue weighted by molar-refractivity contribution is 0.173. The van der Waals surface area contributed by atoms with Crippen LogP contribution in [0.25, 0.3) is 11.4 Å². The van der Waals surface area contributed by atoms with Gasteiger partial charge in [0, 0.05) is 31.7 Å². The summed E-state index contributed by atoms with van der Waals surface area (Å²) in [5.41, 5.74) is 3.54. The maximum atomic E-state index is 6.05. The SMILES string of the molecule is CCCCn1c(CN(CCOc2ccccc2)Cc2ccc3c(c2)OCO3)cnc1-c1ccccc1. The minimum Gasteiger partial charge on any atom is -0.492 e. The molecule has 1 aliphatic rings. The number of imidazole rings is 1. The van der Waals surface area contributed by atoms with Crippen molar-refractivity contribution >= 4 is 0 Å². The normalized spacial score (nSPS) is 12.3. The summed E-state index contributed by atoms with van der Waals surface area (Å²) in [5, 5.41) is 0. The van der Waals surface area contributed by atoms with Crippen LogP contribution in [0.3, 0.4) is 0 Å². The van der Waals surface area contributed by atoms with Crippen LogP contribution in [0.5, 0.6) is 17.2 Å². The first-order valence-electron chi connectivity index (χ1n) is 12.7. The van der Waals surface area contributed by atoms with Gasteiger partial charge >= 0.3 is 0 Å². The van der Waals surface area contributed by atoms with Gasteiger partial charge in [-0.3, -0.25) is 4.90 Å². The number of fused-ring (bicyclic) bond motifs is 1. The molecule has 36 heavy (non-hydrogen) atoms. The molecule has 6 nitrogen and oxygen atoms in total. The molecule has 1 aliphatic heterocycles. The molecule has 6 heteroatoms.